The maximum absolute atomic E-state index is 5.95. The lowest BCUT2D eigenvalue weighted by Gasteiger charge is -2.35. The van der Waals surface area contributed by atoms with Crippen molar-refractivity contribution in [1.82, 2.24) is 0 Å². The summed E-state index contributed by atoms with van der Waals surface area (Å²) < 4.78 is 5.95. The van der Waals surface area contributed by atoms with Gasteiger partial charge < -0.3 is 4.74 Å². The van der Waals surface area contributed by atoms with Crippen molar-refractivity contribution < 1.29 is 4.74 Å². The van der Waals surface area contributed by atoms with Crippen LogP contribution >= 0.6 is 10.0 Å². The lowest BCUT2D eigenvalue weighted by Crippen LogP contribution is -2.14. The van der Waals surface area contributed by atoms with Crippen molar-refractivity contribution in [2.75, 3.05) is 25.4 Å². The molecule has 0 aliphatic heterocycles. The van der Waals surface area contributed by atoms with Gasteiger partial charge in [0, 0.05) is 5.92 Å². The van der Waals surface area contributed by atoms with Crippen molar-refractivity contribution in [3.8, 4) is 0 Å². The molecule has 17 heavy (non-hydrogen) atoms. The van der Waals surface area contributed by atoms with E-state index in [9.17, 15) is 0 Å². The van der Waals surface area contributed by atoms with Crippen molar-refractivity contribution in [3.63, 3.8) is 0 Å². The molecule has 1 aliphatic rings. The Morgan fingerprint density at radius 1 is 1.35 bits per heavy atom. The Kier molecular flexibility index (Phi) is 5.18. The van der Waals surface area contributed by atoms with Crippen LogP contribution in [0.3, 0.4) is 0 Å². The Hall–Kier alpha value is -0.370. The maximum Gasteiger partial charge on any atom is 0.102 e. The molecular formula is C15H28OS. The molecule has 0 aromatic heterocycles. The third-order valence-corrected chi connectivity index (χ3v) is 5.12. The van der Waals surface area contributed by atoms with E-state index in [4.69, 9.17) is 4.74 Å². The zero-order valence-electron chi connectivity index (χ0n) is 12.3. The highest BCUT2D eigenvalue weighted by Gasteiger charge is 2.24. The van der Waals surface area contributed by atoms with Crippen LogP contribution in [0, 0.1) is 5.92 Å². The third-order valence-electron chi connectivity index (χ3n) is 3.26. The molecule has 0 saturated heterocycles. The molecular weight excluding hydrogens is 228 g/mol. The van der Waals surface area contributed by atoms with Gasteiger partial charge in [0.15, 0.2) is 0 Å². The number of hydrogen-bond acceptors (Lipinski definition) is 1. The smallest absolute Gasteiger partial charge is 0.102 e. The fourth-order valence-corrected chi connectivity index (χ4v) is 3.44. The summed E-state index contributed by atoms with van der Waals surface area (Å²) in [6, 6.07) is 0. The summed E-state index contributed by atoms with van der Waals surface area (Å²) in [5.41, 5.74) is 1.34. The van der Waals surface area contributed by atoms with Crippen molar-refractivity contribution in [1.29, 1.82) is 0 Å². The molecule has 0 spiro atoms. The molecule has 0 amide bonds. The summed E-state index contributed by atoms with van der Waals surface area (Å²) in [5.74, 6) is 1.78. The van der Waals surface area contributed by atoms with E-state index in [0.717, 1.165) is 13.0 Å². The average Bonchev–Trinajstić information content (AvgIpc) is 2.20. The summed E-state index contributed by atoms with van der Waals surface area (Å²) in [7, 11) is -0.569. The number of unbranched alkanes of at least 4 members (excludes halogenated alkanes) is 1. The van der Waals surface area contributed by atoms with Crippen LogP contribution in [-0.2, 0) is 4.74 Å². The molecule has 1 unspecified atom stereocenters. The third kappa shape index (κ3) is 4.09. The van der Waals surface area contributed by atoms with Gasteiger partial charge in [0.25, 0.3) is 0 Å². The highest BCUT2D eigenvalue weighted by atomic mass is 32.3. The molecule has 2 heteroatoms. The Labute approximate surface area is 109 Å². The van der Waals surface area contributed by atoms with Crippen LogP contribution in [0.1, 0.15) is 40.0 Å². The average molecular weight is 256 g/mol. The van der Waals surface area contributed by atoms with Gasteiger partial charge in [-0.1, -0.05) is 20.3 Å². The van der Waals surface area contributed by atoms with Gasteiger partial charge in [-0.3, -0.25) is 0 Å². The first kappa shape index (κ1) is 14.7. The molecule has 100 valence electrons. The van der Waals surface area contributed by atoms with E-state index in [1.807, 2.05) is 0 Å². The Balaban J connectivity index is 2.79. The van der Waals surface area contributed by atoms with E-state index in [1.54, 1.807) is 4.91 Å². The molecule has 0 fully saturated rings. The van der Waals surface area contributed by atoms with Crippen LogP contribution in [0.15, 0.2) is 22.3 Å². The standard InChI is InChI=1S/C15H28OS/c1-7-8-9-16-15-12(2)10-14(11-13(15)3)17(4,5)6/h10,13H,7-9,11H2,1-6H3. The van der Waals surface area contributed by atoms with E-state index in [0.29, 0.717) is 5.92 Å². The lowest BCUT2D eigenvalue weighted by molar-refractivity contribution is 0.173. The maximum atomic E-state index is 5.95. The first-order valence-corrected chi connectivity index (χ1v) is 9.44. The van der Waals surface area contributed by atoms with Crippen molar-refractivity contribution in [3.05, 3.63) is 22.3 Å². The van der Waals surface area contributed by atoms with Gasteiger partial charge in [-0.05, 0) is 55.1 Å². The summed E-state index contributed by atoms with van der Waals surface area (Å²) in [5, 5.41) is 0. The molecule has 0 N–H and O–H groups in total. The molecule has 1 rings (SSSR count). The topological polar surface area (TPSA) is 9.23 Å². The second-order valence-corrected chi connectivity index (χ2v) is 10.0. The van der Waals surface area contributed by atoms with Crippen molar-refractivity contribution in [2.45, 2.75) is 40.0 Å². The minimum absolute atomic E-state index is 0.554. The van der Waals surface area contributed by atoms with Crippen LogP contribution in [-0.4, -0.2) is 25.4 Å². The molecule has 0 aromatic rings. The highest BCUT2D eigenvalue weighted by molar-refractivity contribution is 8.35. The number of rotatable bonds is 5. The molecule has 0 radical (unpaired) electrons. The van der Waals surface area contributed by atoms with Crippen LogP contribution in [0.5, 0.6) is 0 Å². The number of ether oxygens (including phenoxy) is 1. The highest BCUT2D eigenvalue weighted by Crippen LogP contribution is 2.50. The predicted molar refractivity (Wildman–Crippen MR) is 80.8 cm³/mol. The van der Waals surface area contributed by atoms with Gasteiger partial charge in [0.05, 0.1) is 6.61 Å². The molecule has 0 heterocycles. The second kappa shape index (κ2) is 5.99. The zero-order chi connectivity index (χ0) is 13.1. The fourth-order valence-electron chi connectivity index (χ4n) is 2.16. The summed E-state index contributed by atoms with van der Waals surface area (Å²) in [6.07, 6.45) is 13.0. The van der Waals surface area contributed by atoms with Crippen molar-refractivity contribution in [2.24, 2.45) is 5.92 Å². The molecule has 1 atom stereocenters. The van der Waals surface area contributed by atoms with Crippen LogP contribution in [0.25, 0.3) is 0 Å². The van der Waals surface area contributed by atoms with Gasteiger partial charge in [0.2, 0.25) is 0 Å². The Morgan fingerprint density at radius 2 is 2.00 bits per heavy atom. The fraction of sp³-hybridized carbons (Fsp3) is 0.733. The largest absolute Gasteiger partial charge is 0.497 e. The summed E-state index contributed by atoms with van der Waals surface area (Å²) >= 11 is 0. The first-order chi connectivity index (χ1) is 7.86. The number of allylic oxidation sites excluding steroid dienone is 4. The predicted octanol–water partition coefficient (Wildman–Crippen LogP) is 4.69. The lowest BCUT2D eigenvalue weighted by atomic mass is 9.96. The minimum Gasteiger partial charge on any atom is -0.497 e. The summed E-state index contributed by atoms with van der Waals surface area (Å²) in [4.78, 5) is 1.63. The van der Waals surface area contributed by atoms with Crippen LogP contribution < -0.4 is 0 Å². The zero-order valence-corrected chi connectivity index (χ0v) is 13.1. The van der Waals surface area contributed by atoms with Crippen molar-refractivity contribution >= 4 is 10.0 Å². The van der Waals surface area contributed by atoms with Crippen LogP contribution in [0.4, 0.5) is 0 Å². The van der Waals surface area contributed by atoms with Gasteiger partial charge >= 0.3 is 0 Å². The quantitative estimate of drug-likeness (QED) is 0.648. The van der Waals surface area contributed by atoms with E-state index < -0.39 is 10.0 Å². The van der Waals surface area contributed by atoms with Gasteiger partial charge in [0.1, 0.15) is 5.76 Å². The number of hydrogen-bond donors (Lipinski definition) is 0. The SMILES string of the molecule is CCCCOC1=C(C)C=C(S(C)(C)C)CC1C. The monoisotopic (exact) mass is 256 g/mol. The Morgan fingerprint density at radius 3 is 2.47 bits per heavy atom. The van der Waals surface area contributed by atoms with E-state index >= 15 is 0 Å². The Bertz CT molecular complexity index is 320. The molecule has 1 nitrogen and oxygen atoms in total. The first-order valence-electron chi connectivity index (χ1n) is 6.58. The van der Waals surface area contributed by atoms with E-state index in [2.05, 4.69) is 45.6 Å². The van der Waals surface area contributed by atoms with Gasteiger partial charge in [-0.2, -0.15) is 0 Å². The van der Waals surface area contributed by atoms with Gasteiger partial charge in [-0.15, -0.1) is 0 Å². The minimum atomic E-state index is -0.569. The van der Waals surface area contributed by atoms with Crippen LogP contribution in [0.2, 0.25) is 0 Å². The molecule has 0 bridgehead atoms. The van der Waals surface area contributed by atoms with E-state index in [-0.39, 0.29) is 0 Å². The van der Waals surface area contributed by atoms with Gasteiger partial charge in [-0.25, -0.2) is 10.0 Å². The molecule has 0 aromatic carbocycles. The summed E-state index contributed by atoms with van der Waals surface area (Å²) in [6.45, 7) is 7.57. The van der Waals surface area contributed by atoms with E-state index in [1.165, 1.54) is 24.2 Å². The second-order valence-electron chi connectivity index (χ2n) is 5.80. The molecule has 0 saturated carbocycles. The molecule has 1 aliphatic carbocycles. The normalized spacial score (nSPS) is 22.5.